The van der Waals surface area contributed by atoms with Crippen LogP contribution in [0.3, 0.4) is 0 Å². The molecule has 3 rings (SSSR count). The first-order chi connectivity index (χ1) is 9.15. The highest BCUT2D eigenvalue weighted by Crippen LogP contribution is 2.23. The predicted octanol–water partition coefficient (Wildman–Crippen LogP) is 0.424. The maximum atomic E-state index is 12.3. The molecule has 2 N–H and O–H groups in total. The van der Waals surface area contributed by atoms with Crippen molar-refractivity contribution in [2.75, 3.05) is 6.54 Å². The lowest BCUT2D eigenvalue weighted by Gasteiger charge is -2.34. The fourth-order valence-corrected chi connectivity index (χ4v) is 2.84. The molecule has 1 unspecified atom stereocenters. The first-order valence-corrected chi connectivity index (χ1v) is 6.54. The summed E-state index contributed by atoms with van der Waals surface area (Å²) in [7, 11) is 0. The Bertz CT molecular complexity index is 512. The lowest BCUT2D eigenvalue weighted by Crippen LogP contribution is -2.61. The lowest BCUT2D eigenvalue weighted by molar-refractivity contribution is -0.146. The molecule has 2 fully saturated rings. The van der Waals surface area contributed by atoms with Gasteiger partial charge in [0.05, 0.1) is 0 Å². The number of nitrogens with one attached hydrogen (secondary N) is 1. The third kappa shape index (κ3) is 2.16. The Balaban J connectivity index is 1.76. The van der Waals surface area contributed by atoms with Crippen LogP contribution in [0, 0.1) is 0 Å². The molecule has 2 amide bonds. The van der Waals surface area contributed by atoms with Gasteiger partial charge in [0.25, 0.3) is 0 Å². The van der Waals surface area contributed by atoms with E-state index in [9.17, 15) is 14.7 Å². The van der Waals surface area contributed by atoms with Gasteiger partial charge >= 0.3 is 0 Å². The number of phenolic OH excluding ortho intramolecular Hbond substituents is 1. The first-order valence-electron chi connectivity index (χ1n) is 6.54. The average molecular weight is 260 g/mol. The Labute approximate surface area is 111 Å². The summed E-state index contributed by atoms with van der Waals surface area (Å²) >= 11 is 0. The average Bonchev–Trinajstić information content (AvgIpc) is 2.88. The van der Waals surface area contributed by atoms with Crippen LogP contribution in [0.4, 0.5) is 0 Å². The Morgan fingerprint density at radius 2 is 2.00 bits per heavy atom. The zero-order chi connectivity index (χ0) is 13.4. The second-order valence-electron chi connectivity index (χ2n) is 5.12. The minimum absolute atomic E-state index is 0.00942. The molecule has 1 aromatic carbocycles. The fraction of sp³-hybridized carbons (Fsp3) is 0.429. The summed E-state index contributed by atoms with van der Waals surface area (Å²) in [6, 6.07) is 5.97. The summed E-state index contributed by atoms with van der Waals surface area (Å²) in [6.07, 6.45) is 2.13. The van der Waals surface area contributed by atoms with Crippen molar-refractivity contribution < 1.29 is 14.7 Å². The molecule has 2 heterocycles. The molecule has 2 aliphatic heterocycles. The predicted molar refractivity (Wildman–Crippen MR) is 68.5 cm³/mol. The molecule has 0 radical (unpaired) electrons. The monoisotopic (exact) mass is 260 g/mol. The van der Waals surface area contributed by atoms with Crippen molar-refractivity contribution in [1.29, 1.82) is 0 Å². The number of piperazine rings is 1. The van der Waals surface area contributed by atoms with Gasteiger partial charge in [0.2, 0.25) is 11.8 Å². The molecule has 100 valence electrons. The van der Waals surface area contributed by atoms with E-state index in [0.29, 0.717) is 13.0 Å². The van der Waals surface area contributed by atoms with E-state index in [4.69, 9.17) is 0 Å². The molecule has 0 saturated carbocycles. The number of carbonyl (C=O) groups is 2. The summed E-state index contributed by atoms with van der Waals surface area (Å²) in [4.78, 5) is 25.9. The molecule has 2 atom stereocenters. The Morgan fingerprint density at radius 3 is 2.74 bits per heavy atom. The van der Waals surface area contributed by atoms with Gasteiger partial charge in [-0.1, -0.05) is 12.1 Å². The van der Waals surface area contributed by atoms with Crippen molar-refractivity contribution in [3.63, 3.8) is 0 Å². The molecule has 2 aliphatic rings. The highest BCUT2D eigenvalue weighted by atomic mass is 16.3. The van der Waals surface area contributed by atoms with E-state index >= 15 is 0 Å². The maximum Gasteiger partial charge on any atom is 0.246 e. The van der Waals surface area contributed by atoms with E-state index in [-0.39, 0.29) is 23.6 Å². The zero-order valence-corrected chi connectivity index (χ0v) is 10.5. The molecule has 0 bridgehead atoms. The molecule has 1 aromatic rings. The van der Waals surface area contributed by atoms with E-state index in [1.54, 1.807) is 29.2 Å². The van der Waals surface area contributed by atoms with Gasteiger partial charge < -0.3 is 15.3 Å². The number of hydrogen-bond donors (Lipinski definition) is 2. The molecular weight excluding hydrogens is 244 g/mol. The number of nitrogens with zero attached hydrogens (tertiary/aromatic N) is 1. The molecule has 5 nitrogen and oxygen atoms in total. The topological polar surface area (TPSA) is 69.6 Å². The number of rotatable bonds is 2. The van der Waals surface area contributed by atoms with Crippen LogP contribution in [-0.2, 0) is 16.0 Å². The summed E-state index contributed by atoms with van der Waals surface area (Å²) in [5, 5.41) is 12.0. The van der Waals surface area contributed by atoms with Gasteiger partial charge in [-0.05, 0) is 30.5 Å². The van der Waals surface area contributed by atoms with Crippen LogP contribution in [0.5, 0.6) is 5.75 Å². The van der Waals surface area contributed by atoms with Crippen LogP contribution >= 0.6 is 0 Å². The van der Waals surface area contributed by atoms with Crippen LogP contribution in [0.1, 0.15) is 18.4 Å². The van der Waals surface area contributed by atoms with Crippen LogP contribution in [-0.4, -0.2) is 40.4 Å². The standard InChI is InChI=1S/C14H16N2O3/c17-10-5-3-9(4-6-10)8-11-14(19)16-7-1-2-12(16)13(18)15-11/h3-6,11-12,17H,1-2,7-8H2,(H,15,18)/t11-,12?/m0/s1. The number of benzene rings is 1. The second-order valence-corrected chi connectivity index (χ2v) is 5.12. The van der Waals surface area contributed by atoms with Crippen LogP contribution in [0.25, 0.3) is 0 Å². The first kappa shape index (κ1) is 12.0. The minimum Gasteiger partial charge on any atom is -0.508 e. The summed E-state index contributed by atoms with van der Waals surface area (Å²) in [5.74, 6) is 0.165. The van der Waals surface area contributed by atoms with Crippen molar-refractivity contribution in [3.05, 3.63) is 29.8 Å². The molecule has 5 heteroatoms. The van der Waals surface area contributed by atoms with E-state index in [1.165, 1.54) is 0 Å². The zero-order valence-electron chi connectivity index (χ0n) is 10.5. The van der Waals surface area contributed by atoms with Crippen LogP contribution < -0.4 is 5.32 Å². The van der Waals surface area contributed by atoms with E-state index in [1.807, 2.05) is 0 Å². The number of aromatic hydroxyl groups is 1. The smallest absolute Gasteiger partial charge is 0.246 e. The summed E-state index contributed by atoms with van der Waals surface area (Å²) in [5.41, 5.74) is 0.925. The molecule has 2 saturated heterocycles. The molecule has 0 spiro atoms. The highest BCUT2D eigenvalue weighted by Gasteiger charge is 2.42. The number of phenols is 1. The van der Waals surface area contributed by atoms with E-state index in [2.05, 4.69) is 5.32 Å². The molecule has 19 heavy (non-hydrogen) atoms. The third-order valence-corrected chi connectivity index (χ3v) is 3.83. The van der Waals surface area contributed by atoms with E-state index < -0.39 is 6.04 Å². The minimum atomic E-state index is -0.480. The number of hydrogen-bond acceptors (Lipinski definition) is 3. The fourth-order valence-electron chi connectivity index (χ4n) is 2.84. The normalized spacial score (nSPS) is 26.2. The van der Waals surface area contributed by atoms with Crippen molar-refractivity contribution >= 4 is 11.8 Å². The summed E-state index contributed by atoms with van der Waals surface area (Å²) < 4.78 is 0. The molecule has 0 aliphatic carbocycles. The summed E-state index contributed by atoms with van der Waals surface area (Å²) in [6.45, 7) is 0.684. The number of carbonyl (C=O) groups excluding carboxylic acids is 2. The third-order valence-electron chi connectivity index (χ3n) is 3.83. The van der Waals surface area contributed by atoms with Crippen LogP contribution in [0.2, 0.25) is 0 Å². The van der Waals surface area contributed by atoms with Gasteiger partial charge in [0.1, 0.15) is 17.8 Å². The highest BCUT2D eigenvalue weighted by molar-refractivity contribution is 5.97. The van der Waals surface area contributed by atoms with Crippen molar-refractivity contribution in [1.82, 2.24) is 10.2 Å². The molecule has 0 aromatic heterocycles. The Morgan fingerprint density at radius 1 is 1.26 bits per heavy atom. The lowest BCUT2D eigenvalue weighted by atomic mass is 10.0. The Hall–Kier alpha value is -2.04. The number of amides is 2. The van der Waals surface area contributed by atoms with Crippen molar-refractivity contribution in [2.45, 2.75) is 31.3 Å². The van der Waals surface area contributed by atoms with Gasteiger partial charge in [0.15, 0.2) is 0 Å². The van der Waals surface area contributed by atoms with Gasteiger partial charge in [-0.2, -0.15) is 0 Å². The van der Waals surface area contributed by atoms with Gasteiger partial charge in [-0.3, -0.25) is 9.59 Å². The van der Waals surface area contributed by atoms with E-state index in [0.717, 1.165) is 18.4 Å². The second kappa shape index (κ2) is 4.57. The molecular formula is C14H16N2O3. The number of fused-ring (bicyclic) bond motifs is 1. The van der Waals surface area contributed by atoms with Crippen molar-refractivity contribution in [2.24, 2.45) is 0 Å². The van der Waals surface area contributed by atoms with Crippen LogP contribution in [0.15, 0.2) is 24.3 Å². The van der Waals surface area contributed by atoms with Gasteiger partial charge in [0, 0.05) is 13.0 Å². The van der Waals surface area contributed by atoms with Crippen molar-refractivity contribution in [3.8, 4) is 5.75 Å². The van der Waals surface area contributed by atoms with Gasteiger partial charge in [-0.15, -0.1) is 0 Å². The largest absolute Gasteiger partial charge is 0.508 e. The van der Waals surface area contributed by atoms with Gasteiger partial charge in [-0.25, -0.2) is 0 Å². The maximum absolute atomic E-state index is 12.3. The quantitative estimate of drug-likeness (QED) is 0.810. The Kier molecular flexibility index (Phi) is 2.89. The SMILES string of the molecule is O=C1N[C@@H](Cc2ccc(O)cc2)C(=O)N2CCCC12.